The van der Waals surface area contributed by atoms with E-state index in [1.54, 1.807) is 0 Å². The summed E-state index contributed by atoms with van der Waals surface area (Å²) < 4.78 is 0. The molecule has 0 atom stereocenters. The summed E-state index contributed by atoms with van der Waals surface area (Å²) in [6, 6.07) is 13.4. The minimum Gasteiger partial charge on any atom is -0.0588 e. The smallest absolute Gasteiger partial charge is 0.0440 e. The fourth-order valence-corrected chi connectivity index (χ4v) is 2.58. The Kier molecular flexibility index (Phi) is 3.68. The third-order valence-electron chi connectivity index (χ3n) is 4.17. The monoisotopic (exact) mass is 265 g/mol. The van der Waals surface area contributed by atoms with E-state index in [0.29, 0.717) is 0 Å². The van der Waals surface area contributed by atoms with E-state index in [4.69, 9.17) is 0 Å². The Balaban J connectivity index is 2.51. The van der Waals surface area contributed by atoms with Crippen LogP contribution >= 0.6 is 0 Å². The molecule has 97 valence electrons. The Morgan fingerprint density at radius 3 is 1.37 bits per heavy atom. The van der Waals surface area contributed by atoms with Gasteiger partial charge in [0, 0.05) is 15.3 Å². The number of hydrogen-bond donors (Lipinski definition) is 0. The molecule has 0 heterocycles. The Hall–Kier alpha value is -1.34. The van der Waals surface area contributed by atoms with Gasteiger partial charge in [-0.25, -0.2) is 0 Å². The summed E-state index contributed by atoms with van der Waals surface area (Å²) in [5, 5.41) is -0.142. The largest absolute Gasteiger partial charge is 0.0588 e. The molecule has 0 aromatic heterocycles. The molecule has 0 nitrogen and oxygen atoms in total. The van der Waals surface area contributed by atoms with Gasteiger partial charge in [-0.3, -0.25) is 0 Å². The molecular formula is C18H21Si. The zero-order valence-electron chi connectivity index (χ0n) is 12.5. The van der Waals surface area contributed by atoms with Gasteiger partial charge in [0.2, 0.25) is 0 Å². The standard InChI is InChI=1S/C18H21Si/c1-12-6-8-16(10-14(12)3)18(5,19)17-9-7-13(2)15(4)11-17/h6-11H,1-5H3. The molecule has 0 bridgehead atoms. The van der Waals surface area contributed by atoms with Gasteiger partial charge in [-0.05, 0) is 61.1 Å². The van der Waals surface area contributed by atoms with Crippen LogP contribution < -0.4 is 0 Å². The minimum atomic E-state index is -0.142. The molecule has 0 saturated carbocycles. The minimum absolute atomic E-state index is 0.142. The summed E-state index contributed by atoms with van der Waals surface area (Å²) >= 11 is 0. The van der Waals surface area contributed by atoms with E-state index in [0.717, 1.165) is 0 Å². The van der Waals surface area contributed by atoms with E-state index in [2.05, 4.69) is 81.3 Å². The summed E-state index contributed by atoms with van der Waals surface area (Å²) in [4.78, 5) is 0. The van der Waals surface area contributed by atoms with Crippen LogP contribution in [0.15, 0.2) is 36.4 Å². The lowest BCUT2D eigenvalue weighted by Gasteiger charge is -2.27. The van der Waals surface area contributed by atoms with Crippen molar-refractivity contribution in [2.75, 3.05) is 0 Å². The first-order chi connectivity index (χ1) is 8.82. The summed E-state index contributed by atoms with van der Waals surface area (Å²) in [5.74, 6) is 0. The van der Waals surface area contributed by atoms with Crippen LogP contribution in [0.1, 0.15) is 40.3 Å². The molecular weight excluding hydrogens is 244 g/mol. The van der Waals surface area contributed by atoms with Crippen LogP contribution in [0.2, 0.25) is 0 Å². The van der Waals surface area contributed by atoms with Crippen LogP contribution in [0.5, 0.6) is 0 Å². The molecule has 2 aromatic rings. The van der Waals surface area contributed by atoms with Gasteiger partial charge in [-0.1, -0.05) is 43.3 Å². The molecule has 19 heavy (non-hydrogen) atoms. The van der Waals surface area contributed by atoms with Gasteiger partial charge in [0.25, 0.3) is 0 Å². The van der Waals surface area contributed by atoms with E-state index >= 15 is 0 Å². The molecule has 3 radical (unpaired) electrons. The van der Waals surface area contributed by atoms with E-state index in [1.807, 2.05) is 0 Å². The van der Waals surface area contributed by atoms with E-state index in [9.17, 15) is 0 Å². The number of rotatable bonds is 2. The topological polar surface area (TPSA) is 0 Å². The van der Waals surface area contributed by atoms with E-state index in [-0.39, 0.29) is 5.04 Å². The van der Waals surface area contributed by atoms with Crippen molar-refractivity contribution in [1.29, 1.82) is 0 Å². The van der Waals surface area contributed by atoms with Crippen molar-refractivity contribution in [1.82, 2.24) is 0 Å². The molecule has 0 saturated heterocycles. The Morgan fingerprint density at radius 2 is 1.05 bits per heavy atom. The molecule has 0 fully saturated rings. The maximum Gasteiger partial charge on any atom is 0.0440 e. The van der Waals surface area contributed by atoms with Gasteiger partial charge in [0.15, 0.2) is 0 Å². The average Bonchev–Trinajstić information content (AvgIpc) is 2.35. The molecule has 1 heteroatoms. The fourth-order valence-electron chi connectivity index (χ4n) is 2.27. The number of aryl methyl sites for hydroxylation is 4. The van der Waals surface area contributed by atoms with Crippen molar-refractivity contribution >= 4 is 10.2 Å². The van der Waals surface area contributed by atoms with Crippen LogP contribution in [0.3, 0.4) is 0 Å². The molecule has 0 aliphatic heterocycles. The molecule has 0 unspecified atom stereocenters. The lowest BCUT2D eigenvalue weighted by molar-refractivity contribution is 0.816. The van der Waals surface area contributed by atoms with E-state index in [1.165, 1.54) is 33.4 Å². The van der Waals surface area contributed by atoms with Crippen LogP contribution in [-0.2, 0) is 5.04 Å². The van der Waals surface area contributed by atoms with Crippen molar-refractivity contribution in [3.63, 3.8) is 0 Å². The van der Waals surface area contributed by atoms with Gasteiger partial charge in [-0.2, -0.15) is 0 Å². The van der Waals surface area contributed by atoms with Gasteiger partial charge in [0.1, 0.15) is 0 Å². The highest BCUT2D eigenvalue weighted by Crippen LogP contribution is 2.30. The molecule has 0 aliphatic rings. The van der Waals surface area contributed by atoms with E-state index < -0.39 is 0 Å². The SMILES string of the molecule is Cc1ccc(C(C)([Si])c2ccc(C)c(C)c2)cc1C. The van der Waals surface area contributed by atoms with Crippen LogP contribution in [0.4, 0.5) is 0 Å². The Labute approximate surface area is 120 Å². The summed E-state index contributed by atoms with van der Waals surface area (Å²) in [6.45, 7) is 10.9. The first kappa shape index (κ1) is 14.1. The van der Waals surface area contributed by atoms with Gasteiger partial charge >= 0.3 is 0 Å². The van der Waals surface area contributed by atoms with Crippen molar-refractivity contribution < 1.29 is 0 Å². The Bertz CT molecular complexity index is 556. The van der Waals surface area contributed by atoms with Gasteiger partial charge < -0.3 is 0 Å². The van der Waals surface area contributed by atoms with Crippen molar-refractivity contribution in [3.8, 4) is 0 Å². The molecule has 0 amide bonds. The highest BCUT2D eigenvalue weighted by molar-refractivity contribution is 6.18. The van der Waals surface area contributed by atoms with Gasteiger partial charge in [0.05, 0.1) is 0 Å². The maximum absolute atomic E-state index is 3.98. The predicted octanol–water partition coefficient (Wildman–Crippen LogP) is 4.35. The number of hydrogen-bond acceptors (Lipinski definition) is 0. The lowest BCUT2D eigenvalue weighted by atomic mass is 9.88. The fraction of sp³-hybridized carbons (Fsp3) is 0.333. The normalized spacial score (nSPS) is 11.7. The van der Waals surface area contributed by atoms with Crippen molar-refractivity contribution in [2.24, 2.45) is 0 Å². The first-order valence-electron chi connectivity index (χ1n) is 6.73. The molecule has 2 aromatic carbocycles. The predicted molar refractivity (Wildman–Crippen MR) is 84.0 cm³/mol. The zero-order chi connectivity index (χ0) is 14.2. The maximum atomic E-state index is 3.98. The Morgan fingerprint density at radius 1 is 0.684 bits per heavy atom. The van der Waals surface area contributed by atoms with Crippen LogP contribution in [-0.4, -0.2) is 10.2 Å². The van der Waals surface area contributed by atoms with Crippen LogP contribution in [0.25, 0.3) is 0 Å². The molecule has 2 rings (SSSR count). The first-order valence-corrected chi connectivity index (χ1v) is 7.23. The third kappa shape index (κ3) is 2.66. The number of benzene rings is 2. The molecule has 0 aliphatic carbocycles. The summed E-state index contributed by atoms with van der Waals surface area (Å²) in [5.41, 5.74) is 7.96. The van der Waals surface area contributed by atoms with Gasteiger partial charge in [-0.15, -0.1) is 0 Å². The highest BCUT2D eigenvalue weighted by Gasteiger charge is 2.23. The second-order valence-corrected chi connectivity index (χ2v) is 6.72. The quantitative estimate of drug-likeness (QED) is 0.708. The van der Waals surface area contributed by atoms with Crippen molar-refractivity contribution in [3.05, 3.63) is 69.8 Å². The zero-order valence-corrected chi connectivity index (χ0v) is 13.5. The molecule has 0 N–H and O–H groups in total. The third-order valence-corrected chi connectivity index (χ3v) is 4.75. The van der Waals surface area contributed by atoms with Crippen LogP contribution in [0, 0.1) is 27.7 Å². The highest BCUT2D eigenvalue weighted by atomic mass is 28.1. The second-order valence-electron chi connectivity index (χ2n) is 5.72. The average molecular weight is 265 g/mol. The van der Waals surface area contributed by atoms with Crippen molar-refractivity contribution in [2.45, 2.75) is 39.7 Å². The second kappa shape index (κ2) is 4.97. The lowest BCUT2D eigenvalue weighted by Crippen LogP contribution is -2.24. The summed E-state index contributed by atoms with van der Waals surface area (Å²) in [7, 11) is 3.98. The molecule has 0 spiro atoms. The summed E-state index contributed by atoms with van der Waals surface area (Å²) in [6.07, 6.45) is 0.